The van der Waals surface area contributed by atoms with Crippen LogP contribution in [0.1, 0.15) is 91.8 Å². The topological polar surface area (TPSA) is 80.6 Å². The van der Waals surface area contributed by atoms with Crippen molar-refractivity contribution in [3.8, 4) is 0 Å². The molecule has 2 heterocycles. The number of hydrogen-bond acceptors (Lipinski definition) is 5. The van der Waals surface area contributed by atoms with Crippen LogP contribution in [0.4, 0.5) is 36.8 Å². The number of fused-ring (bicyclic) bond motifs is 1. The van der Waals surface area contributed by atoms with E-state index in [1.54, 1.807) is 40.0 Å². The molecule has 0 N–H and O–H groups in total. The number of aryl methyl sites for hydroxylation is 1. The van der Waals surface area contributed by atoms with E-state index in [0.717, 1.165) is 18.6 Å². The van der Waals surface area contributed by atoms with Crippen molar-refractivity contribution >= 4 is 17.7 Å². The second-order valence-corrected chi connectivity index (χ2v) is 14.1. The molecule has 1 aromatic heterocycles. The predicted octanol–water partition coefficient (Wildman–Crippen LogP) is 7.85. The zero-order valence-corrected chi connectivity index (χ0v) is 27.1. The Hall–Kier alpha value is -4.36. The lowest BCUT2D eigenvalue weighted by Gasteiger charge is -2.47. The van der Waals surface area contributed by atoms with Crippen LogP contribution in [0, 0.1) is 0 Å². The van der Waals surface area contributed by atoms with Crippen molar-refractivity contribution in [2.75, 3.05) is 4.90 Å². The fourth-order valence-electron chi connectivity index (χ4n) is 6.80. The Morgan fingerprint density at radius 1 is 1.04 bits per heavy atom. The Kier molecular flexibility index (Phi) is 7.75. The Morgan fingerprint density at radius 2 is 1.73 bits per heavy atom. The van der Waals surface area contributed by atoms with Crippen LogP contribution in [-0.4, -0.2) is 49.0 Å². The molecular weight excluding hydrogens is 640 g/mol. The zero-order chi connectivity index (χ0) is 35.0. The number of allylic oxidation sites excluding steroid dienone is 2. The molecule has 1 aliphatic heterocycles. The molecule has 8 nitrogen and oxygen atoms in total. The molecule has 256 valence electrons. The van der Waals surface area contributed by atoms with Gasteiger partial charge in [0, 0.05) is 36.0 Å². The molecule has 2 aromatic carbocycles. The number of aromatic nitrogens is 3. The third kappa shape index (κ3) is 5.83. The number of alkyl halides is 6. The van der Waals surface area contributed by atoms with Crippen LogP contribution in [0.5, 0.6) is 0 Å². The van der Waals surface area contributed by atoms with Gasteiger partial charge in [-0.15, -0.1) is 10.2 Å². The summed E-state index contributed by atoms with van der Waals surface area (Å²) < 4.78 is 91.6. The van der Waals surface area contributed by atoms with Crippen molar-refractivity contribution in [1.82, 2.24) is 19.7 Å². The van der Waals surface area contributed by atoms with Gasteiger partial charge < -0.3 is 14.2 Å². The molecule has 1 atom stereocenters. The lowest BCUT2D eigenvalue weighted by molar-refractivity contribution is -0.138. The standard InChI is InChI=1S/C34H35F6N5O3/c1-30(2,3)48-29(47)45(31(4)10-7-11-31)17-20-12-24-25(26(13-20)34(38,39)40)18-44(27(24)46)23-9-6-8-21(14-23)32(28-42-41-19-43(28)5)15-22(16-32)33(35,36)37/h6,8-9,12-15,19H,7,10-11,16-18H2,1-5H3. The van der Waals surface area contributed by atoms with Crippen molar-refractivity contribution in [2.45, 2.75) is 95.4 Å². The fraction of sp³-hybridized carbons (Fsp3) is 0.471. The van der Waals surface area contributed by atoms with Crippen LogP contribution in [0.15, 0.2) is 54.4 Å². The number of carbonyl (C=O) groups excluding carboxylic acids is 2. The fourth-order valence-corrected chi connectivity index (χ4v) is 6.80. The summed E-state index contributed by atoms with van der Waals surface area (Å²) in [5, 5.41) is 7.90. The monoisotopic (exact) mass is 675 g/mol. The van der Waals surface area contributed by atoms with Gasteiger partial charge in [0.15, 0.2) is 0 Å². The highest BCUT2D eigenvalue weighted by Gasteiger charge is 2.52. The van der Waals surface area contributed by atoms with Gasteiger partial charge in [-0.25, -0.2) is 4.79 Å². The first-order valence-corrected chi connectivity index (χ1v) is 15.5. The van der Waals surface area contributed by atoms with Crippen LogP contribution in [-0.2, 0) is 36.5 Å². The molecule has 3 aliphatic rings. The minimum Gasteiger partial charge on any atom is -0.444 e. The third-order valence-electron chi connectivity index (χ3n) is 9.48. The molecule has 3 aromatic rings. The highest BCUT2D eigenvalue weighted by Crippen LogP contribution is 2.52. The van der Waals surface area contributed by atoms with E-state index in [1.807, 2.05) is 6.92 Å². The summed E-state index contributed by atoms with van der Waals surface area (Å²) in [5.74, 6) is -0.441. The highest BCUT2D eigenvalue weighted by atomic mass is 19.4. The molecule has 2 aliphatic carbocycles. The van der Waals surface area contributed by atoms with Gasteiger partial charge in [0.05, 0.1) is 17.5 Å². The Morgan fingerprint density at radius 3 is 2.27 bits per heavy atom. The number of halogens is 6. The van der Waals surface area contributed by atoms with Crippen molar-refractivity contribution in [3.63, 3.8) is 0 Å². The van der Waals surface area contributed by atoms with E-state index >= 15 is 0 Å². The molecule has 2 amide bonds. The van der Waals surface area contributed by atoms with Gasteiger partial charge >= 0.3 is 18.4 Å². The van der Waals surface area contributed by atoms with Gasteiger partial charge in [-0.05, 0) is 94.3 Å². The molecule has 0 saturated heterocycles. The Labute approximate surface area is 273 Å². The Balaban J connectivity index is 1.37. The van der Waals surface area contributed by atoms with Crippen LogP contribution in [0.3, 0.4) is 0 Å². The van der Waals surface area contributed by atoms with E-state index in [0.29, 0.717) is 18.4 Å². The van der Waals surface area contributed by atoms with E-state index in [9.17, 15) is 35.9 Å². The molecule has 1 saturated carbocycles. The molecule has 0 spiro atoms. The maximum atomic E-state index is 14.6. The molecular formula is C34H35F6N5O3. The summed E-state index contributed by atoms with van der Waals surface area (Å²) in [6.45, 7) is 6.38. The molecule has 48 heavy (non-hydrogen) atoms. The maximum absolute atomic E-state index is 14.6. The highest BCUT2D eigenvalue weighted by molar-refractivity contribution is 6.10. The summed E-state index contributed by atoms with van der Waals surface area (Å²) in [7, 11) is 1.60. The van der Waals surface area contributed by atoms with E-state index in [4.69, 9.17) is 4.74 Å². The summed E-state index contributed by atoms with van der Waals surface area (Å²) in [6, 6.07) is 8.56. The minimum absolute atomic E-state index is 0.129. The van der Waals surface area contributed by atoms with E-state index in [-0.39, 0.29) is 34.7 Å². The third-order valence-corrected chi connectivity index (χ3v) is 9.48. The van der Waals surface area contributed by atoms with Gasteiger partial charge in [0.2, 0.25) is 0 Å². The molecule has 14 heteroatoms. The van der Waals surface area contributed by atoms with E-state index < -0.39 is 65.0 Å². The number of ether oxygens (including phenoxy) is 1. The number of benzene rings is 2. The minimum atomic E-state index is -4.81. The zero-order valence-electron chi connectivity index (χ0n) is 27.1. The number of carbonyl (C=O) groups is 2. The normalized spacial score (nSPS) is 20.5. The number of anilines is 1. The van der Waals surface area contributed by atoms with Crippen LogP contribution in [0.2, 0.25) is 0 Å². The van der Waals surface area contributed by atoms with Crippen LogP contribution in [0.25, 0.3) is 0 Å². The van der Waals surface area contributed by atoms with E-state index in [2.05, 4.69) is 10.2 Å². The van der Waals surface area contributed by atoms with Gasteiger partial charge in [-0.1, -0.05) is 18.2 Å². The number of amides is 2. The molecule has 6 rings (SSSR count). The summed E-state index contributed by atoms with van der Waals surface area (Å²) in [4.78, 5) is 29.8. The number of rotatable bonds is 6. The van der Waals surface area contributed by atoms with E-state index in [1.165, 1.54) is 38.9 Å². The van der Waals surface area contributed by atoms with Gasteiger partial charge in [0.1, 0.15) is 17.8 Å². The lowest BCUT2D eigenvalue weighted by atomic mass is 9.65. The Bertz CT molecular complexity index is 1820. The van der Waals surface area contributed by atoms with Gasteiger partial charge in [0.25, 0.3) is 5.91 Å². The lowest BCUT2D eigenvalue weighted by Crippen LogP contribution is -2.54. The summed E-state index contributed by atoms with van der Waals surface area (Å²) in [6.07, 6.45) is -5.83. The quantitative estimate of drug-likeness (QED) is 0.196. The van der Waals surface area contributed by atoms with Gasteiger partial charge in [-0.3, -0.25) is 9.69 Å². The summed E-state index contributed by atoms with van der Waals surface area (Å²) >= 11 is 0. The molecule has 1 fully saturated rings. The van der Waals surface area contributed by atoms with Crippen LogP contribution >= 0.6 is 0 Å². The molecule has 0 bridgehead atoms. The average molecular weight is 676 g/mol. The maximum Gasteiger partial charge on any atom is 0.416 e. The number of nitrogens with zero attached hydrogens (tertiary/aromatic N) is 5. The van der Waals surface area contributed by atoms with Crippen molar-refractivity contribution in [3.05, 3.63) is 88.0 Å². The average Bonchev–Trinajstić information content (AvgIpc) is 3.50. The molecule has 1 unspecified atom stereocenters. The summed E-state index contributed by atoms with van der Waals surface area (Å²) in [5.41, 5.74) is -4.12. The first-order valence-electron chi connectivity index (χ1n) is 15.5. The van der Waals surface area contributed by atoms with Crippen LogP contribution < -0.4 is 4.90 Å². The van der Waals surface area contributed by atoms with Gasteiger partial charge in [-0.2, -0.15) is 26.3 Å². The molecule has 0 radical (unpaired) electrons. The second-order valence-electron chi connectivity index (χ2n) is 14.1. The first-order chi connectivity index (χ1) is 22.2. The number of hydrogen-bond donors (Lipinski definition) is 0. The van der Waals surface area contributed by atoms with Crippen molar-refractivity contribution < 1.29 is 40.7 Å². The SMILES string of the molecule is Cn1cnnc1C1(c2cccc(N3Cc4c(cc(CN(C(=O)OC(C)(C)C)C5(C)CCC5)cc4C(F)(F)F)C3=O)c2)C=C(C(F)(F)F)C1. The first kappa shape index (κ1) is 33.5. The second kappa shape index (κ2) is 11.1. The predicted molar refractivity (Wildman–Crippen MR) is 163 cm³/mol. The smallest absolute Gasteiger partial charge is 0.416 e. The largest absolute Gasteiger partial charge is 0.444 e. The van der Waals surface area contributed by atoms with Crippen molar-refractivity contribution in [1.29, 1.82) is 0 Å². The van der Waals surface area contributed by atoms with Crippen molar-refractivity contribution in [2.24, 2.45) is 7.05 Å².